The molecule has 1 rings (SSSR count). The predicted molar refractivity (Wildman–Crippen MR) is 41.1 cm³/mol. The van der Waals surface area contributed by atoms with Crippen LogP contribution in [-0.2, 0) is 6.42 Å². The Kier molecular flexibility index (Phi) is 2.60. The molecule has 0 saturated carbocycles. The van der Waals surface area contributed by atoms with E-state index >= 15 is 0 Å². The summed E-state index contributed by atoms with van der Waals surface area (Å²) in [6.07, 6.45) is 0.596. The van der Waals surface area contributed by atoms with Gasteiger partial charge in [0, 0.05) is 0 Å². The normalized spacial score (nSPS) is 10.1. The number of aliphatic hydroxyl groups is 1. The zero-order valence-electron chi connectivity index (χ0n) is 6.34. The van der Waals surface area contributed by atoms with Crippen LogP contribution in [0.15, 0.2) is 18.2 Å². The van der Waals surface area contributed by atoms with Crippen LogP contribution >= 0.6 is 0 Å². The molecule has 0 heterocycles. The molecule has 0 aliphatic rings. The first-order valence-electron chi connectivity index (χ1n) is 3.54. The number of hydrogen-bond donors (Lipinski definition) is 1. The summed E-state index contributed by atoms with van der Waals surface area (Å²) in [7, 11) is 0. The first-order valence-corrected chi connectivity index (χ1v) is 3.54. The summed E-state index contributed by atoms with van der Waals surface area (Å²) in [5, 5.41) is 8.68. The lowest BCUT2D eigenvalue weighted by Crippen LogP contribution is -1.94. The molecule has 0 atom stereocenters. The molecule has 1 N–H and O–H groups in total. The van der Waals surface area contributed by atoms with Gasteiger partial charge in [-0.05, 0) is 23.6 Å². The largest absolute Gasteiger partial charge is 0.385 e. The number of halogens is 1. The van der Waals surface area contributed by atoms with Crippen molar-refractivity contribution in [3.63, 3.8) is 0 Å². The summed E-state index contributed by atoms with van der Waals surface area (Å²) in [6.45, 7) is 2.79. The van der Waals surface area contributed by atoms with Gasteiger partial charge in [0.1, 0.15) is 12.4 Å². The smallest absolute Gasteiger partial charge is 0.126 e. The molecular weight excluding hydrogens is 143 g/mol. The fourth-order valence-electron chi connectivity index (χ4n) is 1.07. The third-order valence-corrected chi connectivity index (χ3v) is 1.65. The molecule has 1 nitrogen and oxygen atoms in total. The Bertz CT molecular complexity index is 245. The first kappa shape index (κ1) is 8.21. The molecule has 0 unspecified atom stereocenters. The molecule has 0 saturated heterocycles. The van der Waals surface area contributed by atoms with Crippen LogP contribution in [0.4, 0.5) is 4.39 Å². The predicted octanol–water partition coefficient (Wildman–Crippen LogP) is 2.27. The van der Waals surface area contributed by atoms with E-state index in [-0.39, 0.29) is 5.82 Å². The monoisotopic (exact) mass is 153 g/mol. The molecule has 2 heteroatoms. The highest BCUT2D eigenvalue weighted by molar-refractivity contribution is 5.32. The molecule has 59 valence electrons. The van der Waals surface area contributed by atoms with Crippen molar-refractivity contribution in [3.05, 3.63) is 41.8 Å². The lowest BCUT2D eigenvalue weighted by molar-refractivity contribution is 0.412. The topological polar surface area (TPSA) is 20.2 Å². The Balaban J connectivity index is 3.13. The van der Waals surface area contributed by atoms with Crippen molar-refractivity contribution in [2.24, 2.45) is 0 Å². The number of benzene rings is 1. The maximum Gasteiger partial charge on any atom is 0.126 e. The summed E-state index contributed by atoms with van der Waals surface area (Å²) in [5.74, 6) is -0.254. The van der Waals surface area contributed by atoms with Crippen LogP contribution in [0.1, 0.15) is 18.1 Å². The van der Waals surface area contributed by atoms with E-state index < -0.39 is 0 Å². The van der Waals surface area contributed by atoms with Gasteiger partial charge in [-0.15, -0.1) is 0 Å². The van der Waals surface area contributed by atoms with Crippen molar-refractivity contribution in [1.82, 2.24) is 0 Å². The molecule has 1 aromatic carbocycles. The number of rotatable bonds is 2. The number of hydrogen-bond acceptors (Lipinski definition) is 1. The molecule has 0 aliphatic carbocycles. The van der Waals surface area contributed by atoms with E-state index in [1.165, 1.54) is 6.07 Å². The zero-order valence-corrected chi connectivity index (χ0v) is 6.34. The molecule has 0 fully saturated rings. The highest BCUT2D eigenvalue weighted by Crippen LogP contribution is 2.14. The summed E-state index contributed by atoms with van der Waals surface area (Å²) >= 11 is 0. The van der Waals surface area contributed by atoms with Gasteiger partial charge in [-0.25, -0.2) is 4.39 Å². The standard InChI is InChI=1S/C9H10FO/c1-2-8-7(6-11)4-3-5-9(8)10/h3-6,11H,2H2,1H3. The third-order valence-electron chi connectivity index (χ3n) is 1.65. The van der Waals surface area contributed by atoms with Crippen LogP contribution < -0.4 is 0 Å². The Labute approximate surface area is 65.5 Å². The second kappa shape index (κ2) is 3.49. The maximum atomic E-state index is 12.9. The molecule has 1 radical (unpaired) electrons. The molecule has 0 aliphatic heterocycles. The maximum absolute atomic E-state index is 12.9. The van der Waals surface area contributed by atoms with Gasteiger partial charge in [0.15, 0.2) is 0 Å². The average Bonchev–Trinajstić information content (AvgIpc) is 2.04. The van der Waals surface area contributed by atoms with E-state index in [9.17, 15) is 4.39 Å². The summed E-state index contributed by atoms with van der Waals surface area (Å²) < 4.78 is 12.9. The van der Waals surface area contributed by atoms with Crippen molar-refractivity contribution in [2.45, 2.75) is 13.3 Å². The van der Waals surface area contributed by atoms with E-state index in [1.807, 2.05) is 6.92 Å². The second-order valence-electron chi connectivity index (χ2n) is 2.29. The van der Waals surface area contributed by atoms with Gasteiger partial charge in [0.25, 0.3) is 0 Å². The lowest BCUT2D eigenvalue weighted by Gasteiger charge is -2.03. The Hall–Kier alpha value is -0.890. The van der Waals surface area contributed by atoms with Crippen molar-refractivity contribution >= 4 is 0 Å². The molecule has 0 amide bonds. The van der Waals surface area contributed by atoms with E-state index in [0.717, 1.165) is 6.61 Å². The minimum Gasteiger partial charge on any atom is -0.385 e. The molecule has 0 bridgehead atoms. The second-order valence-corrected chi connectivity index (χ2v) is 2.29. The number of aliphatic hydroxyl groups excluding tert-OH is 1. The van der Waals surface area contributed by atoms with E-state index in [4.69, 9.17) is 5.11 Å². The Morgan fingerprint density at radius 3 is 2.73 bits per heavy atom. The van der Waals surface area contributed by atoms with Crippen LogP contribution in [0.25, 0.3) is 0 Å². The summed E-state index contributed by atoms with van der Waals surface area (Å²) in [5.41, 5.74) is 1.13. The minimum absolute atomic E-state index is 0.254. The van der Waals surface area contributed by atoms with Crippen molar-refractivity contribution in [2.75, 3.05) is 0 Å². The van der Waals surface area contributed by atoms with E-state index in [0.29, 0.717) is 17.5 Å². The van der Waals surface area contributed by atoms with Crippen LogP contribution in [-0.4, -0.2) is 5.11 Å². The van der Waals surface area contributed by atoms with Gasteiger partial charge in [-0.3, -0.25) is 0 Å². The highest BCUT2D eigenvalue weighted by Gasteiger charge is 2.04. The molecule has 0 spiro atoms. The quantitative estimate of drug-likeness (QED) is 0.691. The van der Waals surface area contributed by atoms with Crippen LogP contribution in [0.3, 0.4) is 0 Å². The first-order chi connectivity index (χ1) is 5.29. The van der Waals surface area contributed by atoms with Gasteiger partial charge in [0.2, 0.25) is 0 Å². The Morgan fingerprint density at radius 2 is 2.27 bits per heavy atom. The summed E-state index contributed by atoms with van der Waals surface area (Å²) in [6, 6.07) is 4.66. The van der Waals surface area contributed by atoms with Crippen molar-refractivity contribution < 1.29 is 9.50 Å². The lowest BCUT2D eigenvalue weighted by atomic mass is 10.1. The van der Waals surface area contributed by atoms with Gasteiger partial charge in [0.05, 0.1) is 0 Å². The highest BCUT2D eigenvalue weighted by atomic mass is 19.1. The third kappa shape index (κ3) is 1.57. The van der Waals surface area contributed by atoms with Crippen LogP contribution in [0.2, 0.25) is 0 Å². The fraction of sp³-hybridized carbons (Fsp3) is 0.222. The van der Waals surface area contributed by atoms with Crippen molar-refractivity contribution in [1.29, 1.82) is 0 Å². The van der Waals surface area contributed by atoms with Crippen molar-refractivity contribution in [3.8, 4) is 0 Å². The fourth-order valence-corrected chi connectivity index (χ4v) is 1.07. The van der Waals surface area contributed by atoms with E-state index in [2.05, 4.69) is 0 Å². The van der Waals surface area contributed by atoms with Gasteiger partial charge < -0.3 is 5.11 Å². The minimum atomic E-state index is -0.254. The van der Waals surface area contributed by atoms with Crippen LogP contribution in [0, 0.1) is 12.4 Å². The SMILES string of the molecule is CCc1c(F)cccc1[CH]O. The zero-order chi connectivity index (χ0) is 8.27. The summed E-state index contributed by atoms with van der Waals surface area (Å²) in [4.78, 5) is 0. The molecule has 1 aromatic rings. The molecule has 0 aromatic heterocycles. The van der Waals surface area contributed by atoms with Crippen LogP contribution in [0.5, 0.6) is 0 Å². The average molecular weight is 153 g/mol. The van der Waals surface area contributed by atoms with Gasteiger partial charge in [-0.1, -0.05) is 19.1 Å². The van der Waals surface area contributed by atoms with Gasteiger partial charge >= 0.3 is 0 Å². The van der Waals surface area contributed by atoms with E-state index in [1.54, 1.807) is 12.1 Å². The molecule has 11 heavy (non-hydrogen) atoms. The van der Waals surface area contributed by atoms with Gasteiger partial charge in [-0.2, -0.15) is 0 Å². The Morgan fingerprint density at radius 1 is 1.55 bits per heavy atom. The molecular formula is C9H10FO.